The van der Waals surface area contributed by atoms with Gasteiger partial charge in [-0.05, 0) is 43.4 Å². The van der Waals surface area contributed by atoms with Crippen molar-refractivity contribution in [2.45, 2.75) is 51.2 Å². The molecular weight excluding hydrogens is 224 g/mol. The van der Waals surface area contributed by atoms with E-state index in [9.17, 15) is 4.79 Å². The second-order valence-corrected chi connectivity index (χ2v) is 5.63. The minimum atomic E-state index is -0.0569. The fourth-order valence-electron chi connectivity index (χ4n) is 3.04. The standard InChI is InChI=1S/C15H20N2O/c1-9-4-3-5-12(10(9)2)15-13(16)8-14(18)17(15)11-6-7-11/h3-5,11,13,15H,6-8,16H2,1-2H3. The van der Waals surface area contributed by atoms with Gasteiger partial charge in [0.25, 0.3) is 0 Å². The molecule has 2 fully saturated rings. The van der Waals surface area contributed by atoms with Gasteiger partial charge in [-0.25, -0.2) is 0 Å². The SMILES string of the molecule is Cc1cccc(C2C(N)CC(=O)N2C2CC2)c1C. The molecule has 1 saturated heterocycles. The number of hydrogen-bond acceptors (Lipinski definition) is 2. The molecule has 2 N–H and O–H groups in total. The largest absolute Gasteiger partial charge is 0.331 e. The molecule has 1 amide bonds. The smallest absolute Gasteiger partial charge is 0.225 e. The summed E-state index contributed by atoms with van der Waals surface area (Å²) in [4.78, 5) is 14.1. The number of carbonyl (C=O) groups is 1. The fourth-order valence-corrected chi connectivity index (χ4v) is 3.04. The number of carbonyl (C=O) groups excluding carboxylic acids is 1. The highest BCUT2D eigenvalue weighted by molar-refractivity contribution is 5.81. The van der Waals surface area contributed by atoms with Crippen molar-refractivity contribution >= 4 is 5.91 Å². The van der Waals surface area contributed by atoms with E-state index >= 15 is 0 Å². The summed E-state index contributed by atoms with van der Waals surface area (Å²) in [6.07, 6.45) is 2.77. The summed E-state index contributed by atoms with van der Waals surface area (Å²) in [7, 11) is 0. The number of nitrogens with zero attached hydrogens (tertiary/aromatic N) is 1. The van der Waals surface area contributed by atoms with Crippen molar-refractivity contribution in [3.8, 4) is 0 Å². The molecule has 1 aliphatic heterocycles. The fraction of sp³-hybridized carbons (Fsp3) is 0.533. The van der Waals surface area contributed by atoms with Crippen LogP contribution in [-0.4, -0.2) is 22.9 Å². The van der Waals surface area contributed by atoms with Crippen molar-refractivity contribution in [3.05, 3.63) is 34.9 Å². The molecule has 1 heterocycles. The molecule has 1 aromatic carbocycles. The molecule has 3 heteroatoms. The summed E-state index contributed by atoms with van der Waals surface area (Å²) in [5, 5.41) is 0. The van der Waals surface area contributed by atoms with Gasteiger partial charge in [-0.2, -0.15) is 0 Å². The lowest BCUT2D eigenvalue weighted by Gasteiger charge is -2.29. The monoisotopic (exact) mass is 244 g/mol. The molecule has 2 unspecified atom stereocenters. The van der Waals surface area contributed by atoms with Gasteiger partial charge in [0, 0.05) is 18.5 Å². The first-order chi connectivity index (χ1) is 8.59. The Balaban J connectivity index is 2.02. The van der Waals surface area contributed by atoms with Crippen LogP contribution in [0.25, 0.3) is 0 Å². The molecule has 3 rings (SSSR count). The van der Waals surface area contributed by atoms with Gasteiger partial charge in [-0.15, -0.1) is 0 Å². The van der Waals surface area contributed by atoms with Crippen LogP contribution in [-0.2, 0) is 4.79 Å². The summed E-state index contributed by atoms with van der Waals surface area (Å²) >= 11 is 0. The topological polar surface area (TPSA) is 46.3 Å². The van der Waals surface area contributed by atoms with Crippen LogP contribution in [0, 0.1) is 13.8 Å². The highest BCUT2D eigenvalue weighted by Gasteiger charge is 2.46. The summed E-state index contributed by atoms with van der Waals surface area (Å²) in [5.41, 5.74) is 10.00. The molecule has 2 aliphatic rings. The summed E-state index contributed by atoms with van der Waals surface area (Å²) in [5.74, 6) is 0.232. The first-order valence-corrected chi connectivity index (χ1v) is 6.72. The van der Waals surface area contributed by atoms with Gasteiger partial charge >= 0.3 is 0 Å². The van der Waals surface area contributed by atoms with Crippen LogP contribution in [0.3, 0.4) is 0 Å². The Kier molecular flexibility index (Phi) is 2.67. The van der Waals surface area contributed by atoms with Gasteiger partial charge in [-0.1, -0.05) is 18.2 Å². The molecule has 0 radical (unpaired) electrons. The molecule has 1 aliphatic carbocycles. The van der Waals surface area contributed by atoms with Crippen molar-refractivity contribution in [2.75, 3.05) is 0 Å². The van der Waals surface area contributed by atoms with E-state index < -0.39 is 0 Å². The van der Waals surface area contributed by atoms with Gasteiger partial charge < -0.3 is 10.6 Å². The molecule has 1 aromatic rings. The third kappa shape index (κ3) is 1.74. The van der Waals surface area contributed by atoms with Gasteiger partial charge in [0.1, 0.15) is 0 Å². The zero-order chi connectivity index (χ0) is 12.9. The van der Waals surface area contributed by atoms with Gasteiger partial charge in [0.2, 0.25) is 5.91 Å². The zero-order valence-corrected chi connectivity index (χ0v) is 11.0. The van der Waals surface area contributed by atoms with Crippen LogP contribution in [0.15, 0.2) is 18.2 Å². The van der Waals surface area contributed by atoms with E-state index in [0.29, 0.717) is 12.5 Å². The molecule has 96 valence electrons. The maximum absolute atomic E-state index is 12.1. The van der Waals surface area contributed by atoms with E-state index in [1.807, 2.05) is 4.90 Å². The van der Waals surface area contributed by atoms with Crippen molar-refractivity contribution < 1.29 is 4.79 Å². The molecule has 0 aromatic heterocycles. The maximum Gasteiger partial charge on any atom is 0.225 e. The number of aryl methyl sites for hydroxylation is 1. The van der Waals surface area contributed by atoms with E-state index in [4.69, 9.17) is 5.73 Å². The molecule has 3 nitrogen and oxygen atoms in total. The Morgan fingerprint density at radius 3 is 2.67 bits per heavy atom. The summed E-state index contributed by atoms with van der Waals surface area (Å²) in [6, 6.07) is 6.78. The molecular formula is C15H20N2O. The number of likely N-dealkylation sites (tertiary alicyclic amines) is 1. The van der Waals surface area contributed by atoms with Crippen molar-refractivity contribution in [1.82, 2.24) is 4.90 Å². The average molecular weight is 244 g/mol. The van der Waals surface area contributed by atoms with Crippen molar-refractivity contribution in [2.24, 2.45) is 5.73 Å². The first kappa shape index (κ1) is 11.7. The summed E-state index contributed by atoms with van der Waals surface area (Å²) in [6.45, 7) is 4.24. The predicted octanol–water partition coefficient (Wildman–Crippen LogP) is 2.07. The number of amides is 1. The molecule has 1 saturated carbocycles. The van der Waals surface area contributed by atoms with E-state index in [2.05, 4.69) is 32.0 Å². The third-order valence-electron chi connectivity index (χ3n) is 4.31. The van der Waals surface area contributed by atoms with E-state index in [-0.39, 0.29) is 18.0 Å². The lowest BCUT2D eigenvalue weighted by Crippen LogP contribution is -2.35. The van der Waals surface area contributed by atoms with Crippen LogP contribution >= 0.6 is 0 Å². The Bertz CT molecular complexity index is 493. The zero-order valence-electron chi connectivity index (χ0n) is 11.0. The van der Waals surface area contributed by atoms with Gasteiger partial charge in [0.05, 0.1) is 6.04 Å². The van der Waals surface area contributed by atoms with Crippen molar-refractivity contribution in [3.63, 3.8) is 0 Å². The van der Waals surface area contributed by atoms with E-state index in [1.54, 1.807) is 0 Å². The highest BCUT2D eigenvalue weighted by atomic mass is 16.2. The lowest BCUT2D eigenvalue weighted by molar-refractivity contribution is -0.129. The number of benzene rings is 1. The van der Waals surface area contributed by atoms with E-state index in [1.165, 1.54) is 16.7 Å². The molecule has 0 spiro atoms. The Hall–Kier alpha value is -1.35. The third-order valence-corrected chi connectivity index (χ3v) is 4.31. The number of hydrogen-bond donors (Lipinski definition) is 1. The van der Waals surface area contributed by atoms with Crippen LogP contribution in [0.5, 0.6) is 0 Å². The second-order valence-electron chi connectivity index (χ2n) is 5.63. The predicted molar refractivity (Wildman–Crippen MR) is 71.1 cm³/mol. The minimum absolute atomic E-state index is 0.0569. The molecule has 0 bridgehead atoms. The van der Waals surface area contributed by atoms with Crippen LogP contribution < -0.4 is 5.73 Å². The normalized spacial score (nSPS) is 27.9. The van der Waals surface area contributed by atoms with E-state index in [0.717, 1.165) is 12.8 Å². The Morgan fingerprint density at radius 1 is 1.28 bits per heavy atom. The Morgan fingerprint density at radius 2 is 2.00 bits per heavy atom. The van der Waals surface area contributed by atoms with Crippen LogP contribution in [0.4, 0.5) is 0 Å². The molecule has 2 atom stereocenters. The van der Waals surface area contributed by atoms with Gasteiger partial charge in [-0.3, -0.25) is 4.79 Å². The number of nitrogens with two attached hydrogens (primary N) is 1. The number of rotatable bonds is 2. The summed E-state index contributed by atoms with van der Waals surface area (Å²) < 4.78 is 0. The first-order valence-electron chi connectivity index (χ1n) is 6.72. The quantitative estimate of drug-likeness (QED) is 0.865. The van der Waals surface area contributed by atoms with Crippen LogP contribution in [0.1, 0.15) is 42.0 Å². The minimum Gasteiger partial charge on any atom is -0.331 e. The maximum atomic E-state index is 12.1. The molecule has 18 heavy (non-hydrogen) atoms. The lowest BCUT2D eigenvalue weighted by atomic mass is 9.93. The van der Waals surface area contributed by atoms with Crippen molar-refractivity contribution in [1.29, 1.82) is 0 Å². The average Bonchev–Trinajstić information content (AvgIpc) is 3.09. The van der Waals surface area contributed by atoms with Gasteiger partial charge in [0.15, 0.2) is 0 Å². The highest BCUT2D eigenvalue weighted by Crippen LogP contribution is 2.42. The Labute approximate surface area is 108 Å². The second kappa shape index (κ2) is 4.09. The van der Waals surface area contributed by atoms with Crippen LogP contribution in [0.2, 0.25) is 0 Å².